The highest BCUT2D eigenvalue weighted by Crippen LogP contribution is 2.04. The first kappa shape index (κ1) is 7.50. The highest BCUT2D eigenvalue weighted by Gasteiger charge is 2.18. The third-order valence-electron chi connectivity index (χ3n) is 1.55. The third kappa shape index (κ3) is 1.68. The van der Waals surface area contributed by atoms with Crippen LogP contribution in [-0.2, 0) is 14.3 Å². The SMILES string of the molecule is CC(OC=O)N1CCOC1. The van der Waals surface area contributed by atoms with Crippen LogP contribution in [0, 0.1) is 0 Å². The van der Waals surface area contributed by atoms with Crippen molar-refractivity contribution in [3.05, 3.63) is 0 Å². The van der Waals surface area contributed by atoms with Crippen LogP contribution < -0.4 is 0 Å². The molecule has 1 aliphatic heterocycles. The molecule has 0 aliphatic carbocycles. The van der Waals surface area contributed by atoms with E-state index < -0.39 is 0 Å². The lowest BCUT2D eigenvalue weighted by Gasteiger charge is -2.19. The minimum atomic E-state index is -0.153. The Hall–Kier alpha value is -0.610. The van der Waals surface area contributed by atoms with E-state index in [0.717, 1.165) is 13.2 Å². The lowest BCUT2D eigenvalue weighted by molar-refractivity contribution is -0.141. The number of carbonyl (C=O) groups is 1. The molecule has 1 atom stereocenters. The Morgan fingerprint density at radius 1 is 1.80 bits per heavy atom. The van der Waals surface area contributed by atoms with E-state index in [2.05, 4.69) is 0 Å². The van der Waals surface area contributed by atoms with Gasteiger partial charge in [0, 0.05) is 6.54 Å². The summed E-state index contributed by atoms with van der Waals surface area (Å²) < 4.78 is 9.75. The lowest BCUT2D eigenvalue weighted by Crippen LogP contribution is -2.32. The summed E-state index contributed by atoms with van der Waals surface area (Å²) in [4.78, 5) is 11.8. The Morgan fingerprint density at radius 3 is 3.10 bits per heavy atom. The van der Waals surface area contributed by atoms with Crippen LogP contribution >= 0.6 is 0 Å². The average Bonchev–Trinajstić information content (AvgIpc) is 2.38. The van der Waals surface area contributed by atoms with E-state index in [-0.39, 0.29) is 6.23 Å². The zero-order chi connectivity index (χ0) is 7.40. The summed E-state index contributed by atoms with van der Waals surface area (Å²) in [5, 5.41) is 0. The fourth-order valence-corrected chi connectivity index (χ4v) is 0.881. The van der Waals surface area contributed by atoms with Crippen LogP contribution in [0.25, 0.3) is 0 Å². The number of carbonyl (C=O) groups excluding carboxylic acids is 1. The fraction of sp³-hybridized carbons (Fsp3) is 0.833. The van der Waals surface area contributed by atoms with Crippen molar-refractivity contribution in [1.29, 1.82) is 0 Å². The van der Waals surface area contributed by atoms with Gasteiger partial charge in [0.05, 0.1) is 6.61 Å². The molecular weight excluding hydrogens is 134 g/mol. The van der Waals surface area contributed by atoms with Crippen molar-refractivity contribution in [3.63, 3.8) is 0 Å². The van der Waals surface area contributed by atoms with Gasteiger partial charge in [-0.15, -0.1) is 0 Å². The molecule has 4 heteroatoms. The average molecular weight is 145 g/mol. The molecule has 1 fully saturated rings. The Kier molecular flexibility index (Phi) is 2.65. The molecule has 4 nitrogen and oxygen atoms in total. The van der Waals surface area contributed by atoms with Crippen LogP contribution in [0.2, 0.25) is 0 Å². The van der Waals surface area contributed by atoms with Gasteiger partial charge in [0.25, 0.3) is 6.47 Å². The molecule has 0 bridgehead atoms. The van der Waals surface area contributed by atoms with Gasteiger partial charge in [0.1, 0.15) is 6.73 Å². The summed E-state index contributed by atoms with van der Waals surface area (Å²) in [6, 6.07) is 0. The number of rotatable bonds is 3. The Labute approximate surface area is 59.7 Å². The summed E-state index contributed by atoms with van der Waals surface area (Å²) in [5.74, 6) is 0. The number of hydrogen-bond donors (Lipinski definition) is 0. The van der Waals surface area contributed by atoms with E-state index >= 15 is 0 Å². The second-order valence-corrected chi connectivity index (χ2v) is 2.18. The molecule has 1 heterocycles. The van der Waals surface area contributed by atoms with Gasteiger partial charge in [0.2, 0.25) is 0 Å². The predicted octanol–water partition coefficient (Wildman–Crippen LogP) is -0.205. The van der Waals surface area contributed by atoms with Crippen molar-refractivity contribution in [1.82, 2.24) is 4.90 Å². The molecule has 0 amide bonds. The van der Waals surface area contributed by atoms with Crippen molar-refractivity contribution in [3.8, 4) is 0 Å². The van der Waals surface area contributed by atoms with Gasteiger partial charge in [-0.1, -0.05) is 0 Å². The normalized spacial score (nSPS) is 22.5. The van der Waals surface area contributed by atoms with Gasteiger partial charge < -0.3 is 9.47 Å². The van der Waals surface area contributed by atoms with Crippen LogP contribution in [0.4, 0.5) is 0 Å². The van der Waals surface area contributed by atoms with Crippen LogP contribution in [-0.4, -0.2) is 37.5 Å². The summed E-state index contributed by atoms with van der Waals surface area (Å²) in [6.07, 6.45) is -0.153. The second-order valence-electron chi connectivity index (χ2n) is 2.18. The minimum absolute atomic E-state index is 0.153. The third-order valence-corrected chi connectivity index (χ3v) is 1.55. The molecule has 0 aromatic rings. The molecule has 0 N–H and O–H groups in total. The molecule has 0 aromatic heterocycles. The number of nitrogens with zero attached hydrogens (tertiary/aromatic N) is 1. The summed E-state index contributed by atoms with van der Waals surface area (Å²) >= 11 is 0. The van der Waals surface area contributed by atoms with Crippen molar-refractivity contribution < 1.29 is 14.3 Å². The highest BCUT2D eigenvalue weighted by atomic mass is 16.6. The number of ether oxygens (including phenoxy) is 2. The van der Waals surface area contributed by atoms with Crippen LogP contribution in [0.3, 0.4) is 0 Å². The van der Waals surface area contributed by atoms with Crippen LogP contribution in [0.1, 0.15) is 6.92 Å². The molecule has 1 unspecified atom stereocenters. The van der Waals surface area contributed by atoms with E-state index in [1.807, 2.05) is 11.8 Å². The van der Waals surface area contributed by atoms with Crippen LogP contribution in [0.5, 0.6) is 0 Å². The molecule has 0 aromatic carbocycles. The monoisotopic (exact) mass is 145 g/mol. The fourth-order valence-electron chi connectivity index (χ4n) is 0.881. The van der Waals surface area contributed by atoms with Gasteiger partial charge in [0.15, 0.2) is 6.23 Å². The Bertz CT molecular complexity index is 112. The van der Waals surface area contributed by atoms with Crippen molar-refractivity contribution >= 4 is 6.47 Å². The Morgan fingerprint density at radius 2 is 2.60 bits per heavy atom. The lowest BCUT2D eigenvalue weighted by atomic mass is 10.5. The standard InChI is InChI=1S/C6H11NO3/c1-6(10-5-8)7-2-3-9-4-7/h5-6H,2-4H2,1H3. The van der Waals surface area contributed by atoms with Gasteiger partial charge in [-0.2, -0.15) is 0 Å². The molecule has 0 spiro atoms. The van der Waals surface area contributed by atoms with E-state index in [1.54, 1.807) is 0 Å². The first-order chi connectivity index (χ1) is 4.84. The molecular formula is C6H11NO3. The van der Waals surface area contributed by atoms with Gasteiger partial charge in [-0.25, -0.2) is 4.90 Å². The Balaban J connectivity index is 2.24. The second kappa shape index (κ2) is 3.53. The molecule has 1 aliphatic rings. The predicted molar refractivity (Wildman–Crippen MR) is 34.1 cm³/mol. The van der Waals surface area contributed by atoms with Crippen LogP contribution in [0.15, 0.2) is 0 Å². The smallest absolute Gasteiger partial charge is 0.294 e. The molecule has 0 saturated carbocycles. The first-order valence-corrected chi connectivity index (χ1v) is 3.25. The van der Waals surface area contributed by atoms with E-state index in [9.17, 15) is 4.79 Å². The van der Waals surface area contributed by atoms with Crippen molar-refractivity contribution in [2.45, 2.75) is 13.2 Å². The highest BCUT2D eigenvalue weighted by molar-refractivity contribution is 5.37. The van der Waals surface area contributed by atoms with E-state index in [0.29, 0.717) is 13.2 Å². The van der Waals surface area contributed by atoms with Gasteiger partial charge >= 0.3 is 0 Å². The maximum absolute atomic E-state index is 9.88. The summed E-state index contributed by atoms with van der Waals surface area (Å²) in [6.45, 7) is 4.42. The summed E-state index contributed by atoms with van der Waals surface area (Å²) in [7, 11) is 0. The topological polar surface area (TPSA) is 38.8 Å². The molecule has 58 valence electrons. The van der Waals surface area contributed by atoms with Crippen molar-refractivity contribution in [2.75, 3.05) is 19.9 Å². The molecule has 10 heavy (non-hydrogen) atoms. The maximum Gasteiger partial charge on any atom is 0.294 e. The summed E-state index contributed by atoms with van der Waals surface area (Å²) in [5.41, 5.74) is 0. The molecule has 0 radical (unpaired) electrons. The molecule has 1 saturated heterocycles. The largest absolute Gasteiger partial charge is 0.449 e. The molecule has 1 rings (SSSR count). The number of hydrogen-bond acceptors (Lipinski definition) is 4. The first-order valence-electron chi connectivity index (χ1n) is 3.25. The quantitative estimate of drug-likeness (QED) is 0.515. The van der Waals surface area contributed by atoms with Gasteiger partial charge in [-0.05, 0) is 6.92 Å². The minimum Gasteiger partial charge on any atom is -0.449 e. The van der Waals surface area contributed by atoms with Gasteiger partial charge in [-0.3, -0.25) is 4.79 Å². The zero-order valence-electron chi connectivity index (χ0n) is 5.95. The van der Waals surface area contributed by atoms with Crippen molar-refractivity contribution in [2.24, 2.45) is 0 Å². The van der Waals surface area contributed by atoms with E-state index in [4.69, 9.17) is 9.47 Å². The zero-order valence-corrected chi connectivity index (χ0v) is 5.95. The maximum atomic E-state index is 9.88. The van der Waals surface area contributed by atoms with E-state index in [1.165, 1.54) is 0 Å².